The van der Waals surface area contributed by atoms with Crippen LogP contribution in [-0.2, 0) is 6.54 Å². The molecule has 17 heavy (non-hydrogen) atoms. The Balaban J connectivity index is 2.48. The standard InChI is InChI=1S/C14H25N3/c1-3-5-9-17(10-6-4-2)12-13-7-8-14(15)16-11-13/h7-8,11H,3-6,9-10,12H2,1-2H3,(H2,15,16). The number of hydrogen-bond acceptors (Lipinski definition) is 3. The van der Waals surface area contributed by atoms with E-state index in [4.69, 9.17) is 5.73 Å². The van der Waals surface area contributed by atoms with Crippen molar-refractivity contribution in [3.05, 3.63) is 23.9 Å². The maximum atomic E-state index is 5.59. The van der Waals surface area contributed by atoms with E-state index in [9.17, 15) is 0 Å². The van der Waals surface area contributed by atoms with Gasteiger partial charge in [-0.25, -0.2) is 4.98 Å². The van der Waals surface area contributed by atoms with E-state index in [1.165, 1.54) is 44.3 Å². The monoisotopic (exact) mass is 235 g/mol. The van der Waals surface area contributed by atoms with Crippen LogP contribution in [0.5, 0.6) is 0 Å². The predicted molar refractivity (Wildman–Crippen MR) is 73.7 cm³/mol. The molecular weight excluding hydrogens is 210 g/mol. The van der Waals surface area contributed by atoms with E-state index < -0.39 is 0 Å². The molecule has 3 nitrogen and oxygen atoms in total. The Bertz CT molecular complexity index is 287. The molecule has 0 bridgehead atoms. The summed E-state index contributed by atoms with van der Waals surface area (Å²) in [6.07, 6.45) is 6.93. The molecule has 3 heteroatoms. The van der Waals surface area contributed by atoms with Crippen LogP contribution in [0.2, 0.25) is 0 Å². The molecule has 0 radical (unpaired) electrons. The Morgan fingerprint density at radius 3 is 2.24 bits per heavy atom. The first-order valence-electron chi connectivity index (χ1n) is 6.69. The first-order chi connectivity index (χ1) is 8.26. The van der Waals surface area contributed by atoms with Crippen molar-refractivity contribution in [1.29, 1.82) is 0 Å². The maximum absolute atomic E-state index is 5.59. The molecule has 0 aliphatic heterocycles. The first-order valence-corrected chi connectivity index (χ1v) is 6.69. The number of pyridine rings is 1. The number of rotatable bonds is 8. The van der Waals surface area contributed by atoms with Gasteiger partial charge in [0, 0.05) is 12.7 Å². The Morgan fingerprint density at radius 2 is 1.76 bits per heavy atom. The minimum Gasteiger partial charge on any atom is -0.384 e. The lowest BCUT2D eigenvalue weighted by molar-refractivity contribution is 0.257. The normalized spacial score (nSPS) is 11.0. The second kappa shape index (κ2) is 8.07. The minimum absolute atomic E-state index is 0.599. The fourth-order valence-corrected chi connectivity index (χ4v) is 1.82. The van der Waals surface area contributed by atoms with Crippen molar-refractivity contribution in [3.63, 3.8) is 0 Å². The second-order valence-electron chi connectivity index (χ2n) is 4.57. The smallest absolute Gasteiger partial charge is 0.123 e. The van der Waals surface area contributed by atoms with E-state index in [0.29, 0.717) is 5.82 Å². The summed E-state index contributed by atoms with van der Waals surface area (Å²) in [7, 11) is 0. The van der Waals surface area contributed by atoms with E-state index in [1.54, 1.807) is 0 Å². The molecule has 96 valence electrons. The zero-order valence-corrected chi connectivity index (χ0v) is 11.2. The van der Waals surface area contributed by atoms with Gasteiger partial charge in [-0.1, -0.05) is 32.8 Å². The van der Waals surface area contributed by atoms with Crippen molar-refractivity contribution < 1.29 is 0 Å². The van der Waals surface area contributed by atoms with Crippen molar-refractivity contribution in [2.24, 2.45) is 0 Å². The van der Waals surface area contributed by atoms with Crippen LogP contribution >= 0.6 is 0 Å². The van der Waals surface area contributed by atoms with Crippen molar-refractivity contribution in [3.8, 4) is 0 Å². The predicted octanol–water partition coefficient (Wildman–Crippen LogP) is 3.07. The molecule has 0 atom stereocenters. The number of unbranched alkanes of at least 4 members (excludes halogenated alkanes) is 2. The van der Waals surface area contributed by atoms with E-state index in [-0.39, 0.29) is 0 Å². The summed E-state index contributed by atoms with van der Waals surface area (Å²) in [5.74, 6) is 0.599. The highest BCUT2D eigenvalue weighted by molar-refractivity contribution is 5.29. The molecule has 0 fully saturated rings. The fraction of sp³-hybridized carbons (Fsp3) is 0.643. The molecule has 0 amide bonds. The summed E-state index contributed by atoms with van der Waals surface area (Å²) < 4.78 is 0. The van der Waals surface area contributed by atoms with Gasteiger partial charge in [0.2, 0.25) is 0 Å². The highest BCUT2D eigenvalue weighted by Gasteiger charge is 2.05. The van der Waals surface area contributed by atoms with Crippen molar-refractivity contribution in [2.45, 2.75) is 46.1 Å². The summed E-state index contributed by atoms with van der Waals surface area (Å²) in [5.41, 5.74) is 6.85. The van der Waals surface area contributed by atoms with E-state index in [0.717, 1.165) is 6.54 Å². The Labute approximate surface area is 105 Å². The zero-order chi connectivity index (χ0) is 12.5. The number of aromatic nitrogens is 1. The van der Waals surface area contributed by atoms with Gasteiger partial charge in [-0.15, -0.1) is 0 Å². The number of anilines is 1. The largest absolute Gasteiger partial charge is 0.384 e. The summed E-state index contributed by atoms with van der Waals surface area (Å²) in [6.45, 7) is 7.83. The zero-order valence-electron chi connectivity index (χ0n) is 11.2. The van der Waals surface area contributed by atoms with Crippen LogP contribution in [0.3, 0.4) is 0 Å². The van der Waals surface area contributed by atoms with Crippen molar-refractivity contribution >= 4 is 5.82 Å². The molecule has 0 aliphatic rings. The minimum atomic E-state index is 0.599. The third-order valence-electron chi connectivity index (χ3n) is 2.91. The molecule has 1 rings (SSSR count). The van der Waals surface area contributed by atoms with Gasteiger partial charge in [-0.05, 0) is 37.6 Å². The van der Waals surface area contributed by atoms with Gasteiger partial charge in [-0.3, -0.25) is 4.90 Å². The molecule has 0 aromatic carbocycles. The molecule has 0 aliphatic carbocycles. The van der Waals surface area contributed by atoms with E-state index in [1.807, 2.05) is 12.3 Å². The highest BCUT2D eigenvalue weighted by atomic mass is 15.1. The third kappa shape index (κ3) is 5.68. The summed E-state index contributed by atoms with van der Waals surface area (Å²) in [6, 6.07) is 3.96. The molecule has 0 saturated heterocycles. The Hall–Kier alpha value is -1.09. The summed E-state index contributed by atoms with van der Waals surface area (Å²) >= 11 is 0. The highest BCUT2D eigenvalue weighted by Crippen LogP contribution is 2.08. The van der Waals surface area contributed by atoms with Crippen LogP contribution in [0, 0.1) is 0 Å². The van der Waals surface area contributed by atoms with Gasteiger partial charge in [0.1, 0.15) is 5.82 Å². The summed E-state index contributed by atoms with van der Waals surface area (Å²) in [5, 5.41) is 0. The number of nitrogen functional groups attached to an aromatic ring is 1. The van der Waals surface area contributed by atoms with Crippen LogP contribution in [0.1, 0.15) is 45.1 Å². The lowest BCUT2D eigenvalue weighted by Gasteiger charge is -2.21. The maximum Gasteiger partial charge on any atom is 0.123 e. The van der Waals surface area contributed by atoms with Crippen LogP contribution in [-0.4, -0.2) is 23.0 Å². The fourth-order valence-electron chi connectivity index (χ4n) is 1.82. The molecule has 1 aromatic rings. The van der Waals surface area contributed by atoms with Gasteiger partial charge < -0.3 is 5.73 Å². The quantitative estimate of drug-likeness (QED) is 0.753. The Kier molecular flexibility index (Phi) is 6.63. The Morgan fingerprint density at radius 1 is 1.12 bits per heavy atom. The molecule has 2 N–H and O–H groups in total. The van der Waals surface area contributed by atoms with Crippen molar-refractivity contribution in [2.75, 3.05) is 18.8 Å². The van der Waals surface area contributed by atoms with Gasteiger partial charge in [-0.2, -0.15) is 0 Å². The van der Waals surface area contributed by atoms with Crippen molar-refractivity contribution in [1.82, 2.24) is 9.88 Å². The van der Waals surface area contributed by atoms with E-state index in [2.05, 4.69) is 29.8 Å². The average molecular weight is 235 g/mol. The van der Waals surface area contributed by atoms with Crippen LogP contribution in [0.25, 0.3) is 0 Å². The van der Waals surface area contributed by atoms with E-state index >= 15 is 0 Å². The van der Waals surface area contributed by atoms with Crippen LogP contribution in [0.15, 0.2) is 18.3 Å². The number of hydrogen-bond donors (Lipinski definition) is 1. The molecule has 0 spiro atoms. The number of nitrogens with two attached hydrogens (primary N) is 1. The van der Waals surface area contributed by atoms with Gasteiger partial charge in [0.25, 0.3) is 0 Å². The SMILES string of the molecule is CCCCN(CCCC)Cc1ccc(N)nc1. The third-order valence-corrected chi connectivity index (χ3v) is 2.91. The first kappa shape index (κ1) is 14.0. The lowest BCUT2D eigenvalue weighted by atomic mass is 10.2. The summed E-state index contributed by atoms with van der Waals surface area (Å²) in [4.78, 5) is 6.66. The van der Waals surface area contributed by atoms with Gasteiger partial charge in [0.05, 0.1) is 0 Å². The molecular formula is C14H25N3. The molecule has 0 unspecified atom stereocenters. The lowest BCUT2D eigenvalue weighted by Crippen LogP contribution is -2.25. The molecule has 0 saturated carbocycles. The van der Waals surface area contributed by atoms with Crippen LogP contribution < -0.4 is 5.73 Å². The molecule has 1 aromatic heterocycles. The van der Waals surface area contributed by atoms with Gasteiger partial charge >= 0.3 is 0 Å². The topological polar surface area (TPSA) is 42.1 Å². The number of nitrogens with zero attached hydrogens (tertiary/aromatic N) is 2. The molecule has 1 heterocycles. The van der Waals surface area contributed by atoms with Gasteiger partial charge in [0.15, 0.2) is 0 Å². The van der Waals surface area contributed by atoms with Crippen LogP contribution in [0.4, 0.5) is 5.82 Å². The average Bonchev–Trinajstić information content (AvgIpc) is 2.35. The second-order valence-corrected chi connectivity index (χ2v) is 4.57.